The first-order valence-electron chi connectivity index (χ1n) is 15.2. The summed E-state index contributed by atoms with van der Waals surface area (Å²) in [6.07, 6.45) is -2.75. The molecule has 4 aromatic rings. The largest absolute Gasteiger partial charge is 0.416 e. The number of hydrogen-bond donors (Lipinski definition) is 0. The summed E-state index contributed by atoms with van der Waals surface area (Å²) in [5.41, 5.74) is -2.78. The SMILES string of the molecule is O=S(=O)(Cc1cc(F)c(C2=CCC=C2c2cccc(C(F)(F)F)c2)cc1F)Cc1cc(F)c(C2=CCC=C2c2cccc(C(F)(F)F)c2)cc1F. The molecule has 0 radical (unpaired) electrons. The van der Waals surface area contributed by atoms with Crippen molar-refractivity contribution >= 4 is 32.1 Å². The van der Waals surface area contributed by atoms with E-state index in [0.717, 1.165) is 36.4 Å². The van der Waals surface area contributed by atoms with E-state index in [0.29, 0.717) is 12.1 Å². The molecule has 4 aromatic carbocycles. The lowest BCUT2D eigenvalue weighted by Crippen LogP contribution is -2.12. The molecule has 51 heavy (non-hydrogen) atoms. The summed E-state index contributed by atoms with van der Waals surface area (Å²) >= 11 is 0. The third-order valence-electron chi connectivity index (χ3n) is 8.47. The van der Waals surface area contributed by atoms with Gasteiger partial charge in [-0.25, -0.2) is 26.0 Å². The van der Waals surface area contributed by atoms with Gasteiger partial charge in [0.2, 0.25) is 0 Å². The Morgan fingerprint density at radius 2 is 0.863 bits per heavy atom. The van der Waals surface area contributed by atoms with Gasteiger partial charge in [0, 0.05) is 22.3 Å². The van der Waals surface area contributed by atoms with Crippen LogP contribution in [0.1, 0.15) is 57.3 Å². The first-order chi connectivity index (χ1) is 23.9. The van der Waals surface area contributed by atoms with Crippen LogP contribution in [0.2, 0.25) is 0 Å². The number of allylic oxidation sites excluding steroid dienone is 8. The minimum Gasteiger partial charge on any atom is -0.228 e. The monoisotopic (exact) mass is 734 g/mol. The quantitative estimate of drug-likeness (QED) is 0.169. The molecule has 2 nitrogen and oxygen atoms in total. The first kappa shape index (κ1) is 35.9. The van der Waals surface area contributed by atoms with E-state index in [1.165, 1.54) is 36.4 Å². The van der Waals surface area contributed by atoms with Crippen LogP contribution in [0.5, 0.6) is 0 Å². The van der Waals surface area contributed by atoms with Gasteiger partial charge in [0.05, 0.1) is 22.6 Å². The maximum atomic E-state index is 15.4. The minimum absolute atomic E-state index is 0.112. The van der Waals surface area contributed by atoms with Gasteiger partial charge in [-0.15, -0.1) is 0 Å². The number of halogens is 10. The van der Waals surface area contributed by atoms with Crippen molar-refractivity contribution in [3.05, 3.63) is 165 Å². The second kappa shape index (κ2) is 13.3. The second-order valence-corrected chi connectivity index (χ2v) is 14.0. The van der Waals surface area contributed by atoms with Crippen LogP contribution in [0.4, 0.5) is 43.9 Å². The topological polar surface area (TPSA) is 34.1 Å². The van der Waals surface area contributed by atoms with Gasteiger partial charge in [0.1, 0.15) is 23.3 Å². The molecule has 0 unspecified atom stereocenters. The van der Waals surface area contributed by atoms with Crippen LogP contribution in [0.25, 0.3) is 22.3 Å². The molecule has 0 atom stereocenters. The number of rotatable bonds is 8. The molecule has 0 N–H and O–H groups in total. The van der Waals surface area contributed by atoms with Crippen molar-refractivity contribution < 1.29 is 52.3 Å². The lowest BCUT2D eigenvalue weighted by Gasteiger charge is -2.15. The van der Waals surface area contributed by atoms with Crippen LogP contribution in [0, 0.1) is 23.3 Å². The van der Waals surface area contributed by atoms with Crippen molar-refractivity contribution in [2.45, 2.75) is 36.7 Å². The summed E-state index contributed by atoms with van der Waals surface area (Å²) in [7, 11) is -4.45. The summed E-state index contributed by atoms with van der Waals surface area (Å²) in [5.74, 6) is -6.58. The fourth-order valence-electron chi connectivity index (χ4n) is 6.15. The molecular formula is C38H24F10O2S. The van der Waals surface area contributed by atoms with Gasteiger partial charge in [0.25, 0.3) is 0 Å². The highest BCUT2D eigenvalue weighted by Crippen LogP contribution is 2.42. The zero-order valence-corrected chi connectivity index (χ0v) is 26.9. The minimum atomic E-state index is -4.63. The number of benzene rings is 4. The highest BCUT2D eigenvalue weighted by atomic mass is 32.2. The van der Waals surface area contributed by atoms with Gasteiger partial charge in [0.15, 0.2) is 9.84 Å². The Morgan fingerprint density at radius 3 is 1.24 bits per heavy atom. The maximum absolute atomic E-state index is 15.4. The number of hydrogen-bond acceptors (Lipinski definition) is 2. The van der Waals surface area contributed by atoms with Crippen molar-refractivity contribution in [3.8, 4) is 0 Å². The van der Waals surface area contributed by atoms with E-state index in [4.69, 9.17) is 0 Å². The van der Waals surface area contributed by atoms with E-state index >= 15 is 17.6 Å². The van der Waals surface area contributed by atoms with Crippen LogP contribution in [-0.2, 0) is 33.7 Å². The van der Waals surface area contributed by atoms with E-state index in [-0.39, 0.29) is 57.4 Å². The second-order valence-electron chi connectivity index (χ2n) is 12.0. The Kier molecular flexibility index (Phi) is 9.38. The van der Waals surface area contributed by atoms with Crippen LogP contribution < -0.4 is 0 Å². The van der Waals surface area contributed by atoms with Crippen molar-refractivity contribution in [1.82, 2.24) is 0 Å². The van der Waals surface area contributed by atoms with Crippen molar-refractivity contribution in [2.75, 3.05) is 0 Å². The zero-order chi connectivity index (χ0) is 36.9. The molecule has 6 rings (SSSR count). The van der Waals surface area contributed by atoms with E-state index in [9.17, 15) is 34.8 Å². The molecule has 0 fully saturated rings. The number of alkyl halides is 6. The molecule has 2 aliphatic rings. The summed E-state index contributed by atoms with van der Waals surface area (Å²) < 4.78 is 167. The van der Waals surface area contributed by atoms with E-state index < -0.39 is 79.2 Å². The molecule has 0 aliphatic heterocycles. The summed E-state index contributed by atoms with van der Waals surface area (Å²) in [5, 5.41) is 0. The van der Waals surface area contributed by atoms with E-state index in [1.807, 2.05) is 0 Å². The van der Waals surface area contributed by atoms with Crippen molar-refractivity contribution in [1.29, 1.82) is 0 Å². The van der Waals surface area contributed by atoms with Gasteiger partial charge >= 0.3 is 12.4 Å². The predicted molar refractivity (Wildman–Crippen MR) is 173 cm³/mol. The van der Waals surface area contributed by atoms with Gasteiger partial charge in [-0.1, -0.05) is 48.6 Å². The van der Waals surface area contributed by atoms with Crippen LogP contribution in [-0.4, -0.2) is 8.42 Å². The average molecular weight is 735 g/mol. The van der Waals surface area contributed by atoms with Crippen LogP contribution in [0.3, 0.4) is 0 Å². The normalized spacial score (nSPS) is 15.1. The highest BCUT2D eigenvalue weighted by Gasteiger charge is 2.33. The summed E-state index contributed by atoms with van der Waals surface area (Å²) in [4.78, 5) is 0. The highest BCUT2D eigenvalue weighted by molar-refractivity contribution is 7.89. The molecule has 0 heterocycles. The molecule has 0 saturated heterocycles. The Labute approximate surface area is 285 Å². The smallest absolute Gasteiger partial charge is 0.228 e. The van der Waals surface area contributed by atoms with Gasteiger partial charge in [-0.05, 0) is 94.8 Å². The summed E-state index contributed by atoms with van der Waals surface area (Å²) in [6, 6.07) is 11.4. The van der Waals surface area contributed by atoms with E-state index in [2.05, 4.69) is 0 Å². The molecule has 13 heteroatoms. The molecule has 0 bridgehead atoms. The average Bonchev–Trinajstić information content (AvgIpc) is 3.74. The van der Waals surface area contributed by atoms with Crippen molar-refractivity contribution in [3.63, 3.8) is 0 Å². The molecule has 0 spiro atoms. The Bertz CT molecular complexity index is 2140. The van der Waals surface area contributed by atoms with Gasteiger partial charge < -0.3 is 0 Å². The van der Waals surface area contributed by atoms with Crippen molar-refractivity contribution in [2.24, 2.45) is 0 Å². The third kappa shape index (κ3) is 7.58. The molecule has 0 amide bonds. The fraction of sp³-hybridized carbons (Fsp3) is 0.158. The molecule has 0 saturated carbocycles. The van der Waals surface area contributed by atoms with E-state index in [1.54, 1.807) is 12.2 Å². The molecule has 2 aliphatic carbocycles. The van der Waals surface area contributed by atoms with Crippen LogP contribution in [0.15, 0.2) is 97.1 Å². The Morgan fingerprint density at radius 1 is 0.490 bits per heavy atom. The Hall–Kier alpha value is -4.91. The van der Waals surface area contributed by atoms with Gasteiger partial charge in [-0.2, -0.15) is 26.3 Å². The lowest BCUT2D eigenvalue weighted by molar-refractivity contribution is -0.138. The maximum Gasteiger partial charge on any atom is 0.416 e. The summed E-state index contributed by atoms with van der Waals surface area (Å²) in [6.45, 7) is 0. The van der Waals surface area contributed by atoms with Gasteiger partial charge in [-0.3, -0.25) is 0 Å². The molecule has 264 valence electrons. The number of sulfone groups is 1. The standard InChI is InChI=1S/C38H24F10O2S/c39-33-17-31(29-11-3-9-27(29)21-5-1-7-25(13-21)37(43,44)45)35(41)15-23(33)19-51(49,50)20-24-16-36(42)32(18-34(24)40)30-12-4-10-28(30)22-6-2-8-26(14-22)38(46,47)48/h1-2,5-18H,3-4,19-20H2. The predicted octanol–water partition coefficient (Wildman–Crippen LogP) is 11.1. The third-order valence-corrected chi connectivity index (χ3v) is 9.98. The molecular weight excluding hydrogens is 710 g/mol. The fourth-order valence-corrected chi connectivity index (χ4v) is 7.64. The molecule has 0 aromatic heterocycles. The van der Waals surface area contributed by atoms with Crippen LogP contribution >= 0.6 is 0 Å². The zero-order valence-electron chi connectivity index (χ0n) is 26.1. The lowest BCUT2D eigenvalue weighted by atomic mass is 9.93. The Balaban J connectivity index is 1.21. The first-order valence-corrected chi connectivity index (χ1v) is 17.1.